The highest BCUT2D eigenvalue weighted by Gasteiger charge is 2.34. The van der Waals surface area contributed by atoms with Gasteiger partial charge in [0.1, 0.15) is 5.70 Å². The van der Waals surface area contributed by atoms with Crippen molar-refractivity contribution in [2.75, 3.05) is 32.1 Å². The monoisotopic (exact) mass is 388 g/mol. The third-order valence-electron chi connectivity index (χ3n) is 4.06. The molecule has 0 bridgehead atoms. The van der Waals surface area contributed by atoms with Gasteiger partial charge in [-0.1, -0.05) is 11.8 Å². The Kier molecular flexibility index (Phi) is 5.82. The minimum atomic E-state index is -0.562. The minimum absolute atomic E-state index is 0.113. The van der Waals surface area contributed by atoms with Gasteiger partial charge in [-0.25, -0.2) is 9.78 Å². The topological polar surface area (TPSA) is 96.7 Å². The predicted octanol–water partition coefficient (Wildman–Crippen LogP) is 1.24. The second-order valence-corrected chi connectivity index (χ2v) is 6.91. The highest BCUT2D eigenvalue weighted by Crippen LogP contribution is 2.28. The molecule has 0 atom stereocenters. The number of methoxy groups -OCH3 is 1. The van der Waals surface area contributed by atoms with Crippen molar-refractivity contribution in [3.05, 3.63) is 47.9 Å². The van der Waals surface area contributed by atoms with Crippen LogP contribution < -0.4 is 5.32 Å². The largest absolute Gasteiger partial charge is 0.466 e. The van der Waals surface area contributed by atoms with Crippen LogP contribution in [0, 0.1) is 0 Å². The molecule has 0 spiro atoms. The molecule has 1 aliphatic heterocycles. The van der Waals surface area contributed by atoms with Crippen LogP contribution in [0.2, 0.25) is 0 Å². The summed E-state index contributed by atoms with van der Waals surface area (Å²) in [5.41, 5.74) is 1.11. The number of carbonyl (C=O) groups excluding carboxylic acids is 2. The Morgan fingerprint density at radius 2 is 2.11 bits per heavy atom. The lowest BCUT2D eigenvalue weighted by molar-refractivity contribution is -0.136. The van der Waals surface area contributed by atoms with E-state index in [1.54, 1.807) is 6.20 Å². The number of amides is 1. The number of imidazole rings is 1. The van der Waals surface area contributed by atoms with Crippen molar-refractivity contribution in [1.29, 1.82) is 0 Å². The smallest absolute Gasteiger partial charge is 0.337 e. The van der Waals surface area contributed by atoms with E-state index in [4.69, 9.17) is 9.84 Å². The van der Waals surface area contributed by atoms with Crippen LogP contribution in [0.4, 0.5) is 5.69 Å². The molecular weight excluding hydrogens is 368 g/mol. The fraction of sp³-hybridized carbons (Fsp3) is 0.278. The number of benzene rings is 1. The van der Waals surface area contributed by atoms with Crippen LogP contribution in [0.25, 0.3) is 0 Å². The van der Waals surface area contributed by atoms with E-state index in [-0.39, 0.29) is 36.9 Å². The van der Waals surface area contributed by atoms with Gasteiger partial charge in [0.25, 0.3) is 5.91 Å². The number of aryl methyl sites for hydroxylation is 1. The Hall–Kier alpha value is -2.78. The van der Waals surface area contributed by atoms with E-state index in [9.17, 15) is 9.59 Å². The molecule has 9 heteroatoms. The maximum absolute atomic E-state index is 12.5. The van der Waals surface area contributed by atoms with Gasteiger partial charge in [0, 0.05) is 36.6 Å². The first-order valence-corrected chi connectivity index (χ1v) is 9.09. The van der Waals surface area contributed by atoms with Crippen LogP contribution in [0.5, 0.6) is 0 Å². The zero-order valence-corrected chi connectivity index (χ0v) is 15.8. The minimum Gasteiger partial charge on any atom is -0.466 e. The van der Waals surface area contributed by atoms with Gasteiger partial charge in [-0.15, -0.1) is 0 Å². The molecule has 1 amide bonds. The summed E-state index contributed by atoms with van der Waals surface area (Å²) in [4.78, 5) is 31.2. The van der Waals surface area contributed by atoms with Crippen molar-refractivity contribution in [2.24, 2.45) is 7.05 Å². The van der Waals surface area contributed by atoms with Crippen LogP contribution in [-0.2, 0) is 21.4 Å². The lowest BCUT2D eigenvalue weighted by Crippen LogP contribution is -2.31. The van der Waals surface area contributed by atoms with Crippen molar-refractivity contribution in [3.8, 4) is 0 Å². The Balaban J connectivity index is 1.77. The van der Waals surface area contributed by atoms with Crippen molar-refractivity contribution in [3.63, 3.8) is 0 Å². The molecule has 2 N–H and O–H groups in total. The summed E-state index contributed by atoms with van der Waals surface area (Å²) < 4.78 is 6.70. The van der Waals surface area contributed by atoms with Gasteiger partial charge in [0.05, 0.1) is 25.8 Å². The summed E-state index contributed by atoms with van der Waals surface area (Å²) in [6.07, 6.45) is 3.62. The van der Waals surface area contributed by atoms with Crippen LogP contribution in [0.3, 0.4) is 0 Å². The zero-order valence-electron chi connectivity index (χ0n) is 15.0. The summed E-state index contributed by atoms with van der Waals surface area (Å²) in [5, 5.41) is 13.0. The fourth-order valence-electron chi connectivity index (χ4n) is 2.66. The lowest BCUT2D eigenvalue weighted by Gasteiger charge is -2.15. The summed E-state index contributed by atoms with van der Waals surface area (Å²) >= 11 is 1.52. The summed E-state index contributed by atoms with van der Waals surface area (Å²) in [7, 11) is 3.20. The Bertz CT molecular complexity index is 876. The average molecular weight is 388 g/mol. The van der Waals surface area contributed by atoms with Gasteiger partial charge in [-0.3, -0.25) is 4.79 Å². The number of aliphatic hydroxyl groups is 1. The standard InChI is InChI=1S/C18H20N4O4S/c1-21-8-7-19-18(21)27-13-5-3-12(4-6-13)20-15-14(17(25)26-2)11-22(9-10-23)16(15)24/h3-8,20,23H,9-11H2,1-2H3. The number of aromatic nitrogens is 2. The number of aliphatic hydroxyl groups excluding tert-OH is 1. The normalized spacial score (nSPS) is 14.0. The Morgan fingerprint density at radius 1 is 1.37 bits per heavy atom. The van der Waals surface area contributed by atoms with Gasteiger partial charge in [0.15, 0.2) is 5.16 Å². The maximum atomic E-state index is 12.5. The van der Waals surface area contributed by atoms with Gasteiger partial charge in [0.2, 0.25) is 0 Å². The predicted molar refractivity (Wildman–Crippen MR) is 100 cm³/mol. The van der Waals surface area contributed by atoms with E-state index in [1.165, 1.54) is 23.8 Å². The molecule has 0 unspecified atom stereocenters. The molecule has 0 fully saturated rings. The molecule has 3 rings (SSSR count). The first kappa shape index (κ1) is 19.0. The Labute approximate surface area is 160 Å². The number of rotatable bonds is 7. The Morgan fingerprint density at radius 3 is 2.70 bits per heavy atom. The third-order valence-corrected chi connectivity index (χ3v) is 5.15. The van der Waals surface area contributed by atoms with Crippen LogP contribution in [0.1, 0.15) is 0 Å². The molecule has 0 aliphatic carbocycles. The SMILES string of the molecule is COC(=O)C1=C(Nc2ccc(Sc3nccn3C)cc2)C(=O)N(CCO)C1. The number of anilines is 1. The van der Waals surface area contributed by atoms with Crippen molar-refractivity contribution in [2.45, 2.75) is 10.1 Å². The van der Waals surface area contributed by atoms with Crippen molar-refractivity contribution in [1.82, 2.24) is 14.5 Å². The average Bonchev–Trinajstić information content (AvgIpc) is 3.21. The van der Waals surface area contributed by atoms with Crippen molar-refractivity contribution < 1.29 is 19.4 Å². The molecule has 142 valence electrons. The molecule has 1 aromatic carbocycles. The van der Waals surface area contributed by atoms with Gasteiger partial charge in [-0.05, 0) is 24.3 Å². The molecule has 27 heavy (non-hydrogen) atoms. The molecule has 0 saturated heterocycles. The lowest BCUT2D eigenvalue weighted by atomic mass is 10.2. The highest BCUT2D eigenvalue weighted by atomic mass is 32.2. The first-order valence-electron chi connectivity index (χ1n) is 8.27. The number of carbonyl (C=O) groups is 2. The number of β-amino-alcohol motifs (C(OH)–C–C–N with tert-alkyl or cyclic N) is 1. The molecule has 1 aliphatic rings. The number of hydrogen-bond acceptors (Lipinski definition) is 7. The van der Waals surface area contributed by atoms with E-state index in [2.05, 4.69) is 10.3 Å². The molecule has 2 heterocycles. The van der Waals surface area contributed by atoms with E-state index in [0.29, 0.717) is 5.69 Å². The van der Waals surface area contributed by atoms with Crippen molar-refractivity contribution >= 4 is 29.3 Å². The van der Waals surface area contributed by atoms with Gasteiger partial charge >= 0.3 is 5.97 Å². The molecule has 0 radical (unpaired) electrons. The highest BCUT2D eigenvalue weighted by molar-refractivity contribution is 7.99. The molecule has 1 aromatic heterocycles. The number of nitrogens with one attached hydrogen (secondary N) is 1. The fourth-order valence-corrected chi connectivity index (χ4v) is 3.46. The second-order valence-electron chi connectivity index (χ2n) is 5.87. The van der Waals surface area contributed by atoms with Gasteiger partial charge < -0.3 is 24.6 Å². The second kappa shape index (κ2) is 8.28. The number of ether oxygens (including phenoxy) is 1. The quantitative estimate of drug-likeness (QED) is 0.689. The van der Waals surface area contributed by atoms with Gasteiger partial charge in [-0.2, -0.15) is 0 Å². The van der Waals surface area contributed by atoms with E-state index in [0.717, 1.165) is 10.1 Å². The van der Waals surface area contributed by atoms with E-state index >= 15 is 0 Å². The van der Waals surface area contributed by atoms with E-state index in [1.807, 2.05) is 42.1 Å². The number of hydrogen-bond donors (Lipinski definition) is 2. The summed E-state index contributed by atoms with van der Waals surface area (Å²) in [5.74, 6) is -0.899. The summed E-state index contributed by atoms with van der Waals surface area (Å²) in [6.45, 7) is 0.0951. The molecule has 0 saturated carbocycles. The first-order chi connectivity index (χ1) is 13.0. The molecular formula is C18H20N4O4S. The van der Waals surface area contributed by atoms with Crippen LogP contribution in [0.15, 0.2) is 58.0 Å². The zero-order chi connectivity index (χ0) is 19.4. The van der Waals surface area contributed by atoms with E-state index < -0.39 is 5.97 Å². The molecule has 2 aromatic rings. The molecule has 8 nitrogen and oxygen atoms in total. The van der Waals surface area contributed by atoms with Crippen LogP contribution >= 0.6 is 11.8 Å². The van der Waals surface area contributed by atoms with Crippen LogP contribution in [-0.4, -0.2) is 58.2 Å². The summed E-state index contributed by atoms with van der Waals surface area (Å²) in [6, 6.07) is 7.47. The maximum Gasteiger partial charge on any atom is 0.337 e. The third kappa shape index (κ3) is 4.15. The number of esters is 1. The number of nitrogens with zero attached hydrogens (tertiary/aromatic N) is 3.